The van der Waals surface area contributed by atoms with Gasteiger partial charge in [0.25, 0.3) is 0 Å². The van der Waals surface area contributed by atoms with Crippen molar-refractivity contribution in [1.82, 2.24) is 19.5 Å². The third-order valence-electron chi connectivity index (χ3n) is 2.87. The van der Waals surface area contributed by atoms with E-state index in [1.165, 1.54) is 17.2 Å². The maximum Gasteiger partial charge on any atom is 0.310 e. The Morgan fingerprint density at radius 1 is 1.42 bits per heavy atom. The minimum Gasteiger partial charge on any atom is -0.466 e. The first kappa shape index (κ1) is 11.8. The Labute approximate surface area is 105 Å². The molecule has 0 aromatic carbocycles. The fraction of sp³-hybridized carbons (Fsp3) is 0.300. The van der Waals surface area contributed by atoms with Crippen LogP contribution in [-0.2, 0) is 4.74 Å². The van der Waals surface area contributed by atoms with E-state index in [9.17, 15) is 13.9 Å². The van der Waals surface area contributed by atoms with Crippen molar-refractivity contribution >= 4 is 17.0 Å². The maximum atomic E-state index is 12.5. The van der Waals surface area contributed by atoms with Crippen LogP contribution in [0.3, 0.4) is 0 Å². The molecule has 19 heavy (non-hydrogen) atoms. The lowest BCUT2D eigenvalue weighted by Crippen LogP contribution is -2.08. The highest BCUT2D eigenvalue weighted by Gasteiger charge is 2.35. The molecule has 0 unspecified atom stereocenters. The summed E-state index contributed by atoms with van der Waals surface area (Å²) < 4.78 is 31.5. The predicted molar refractivity (Wildman–Crippen MR) is 59.7 cm³/mol. The molecule has 3 N–H and O–H groups in total. The molecule has 0 saturated carbocycles. The number of anilines is 1. The minimum absolute atomic E-state index is 0.0119. The summed E-state index contributed by atoms with van der Waals surface area (Å²) in [4.78, 5) is 11.8. The molecule has 3 rings (SSSR count). The number of nitrogens with zero attached hydrogens (tertiary/aromatic N) is 4. The van der Waals surface area contributed by atoms with Gasteiger partial charge in [-0.1, -0.05) is 0 Å². The van der Waals surface area contributed by atoms with Gasteiger partial charge in [0.1, 0.15) is 24.3 Å². The van der Waals surface area contributed by atoms with Gasteiger partial charge < -0.3 is 15.6 Å². The number of imidazole rings is 1. The number of hydrogen-bond donors (Lipinski definition) is 2. The summed E-state index contributed by atoms with van der Waals surface area (Å²) in [7, 11) is 0. The van der Waals surface area contributed by atoms with Crippen molar-refractivity contribution in [3.8, 4) is 0 Å². The van der Waals surface area contributed by atoms with Crippen molar-refractivity contribution < 1.29 is 18.6 Å². The van der Waals surface area contributed by atoms with Crippen molar-refractivity contribution in [2.45, 2.75) is 18.8 Å². The van der Waals surface area contributed by atoms with Crippen molar-refractivity contribution in [3.05, 3.63) is 24.5 Å². The third-order valence-corrected chi connectivity index (χ3v) is 2.87. The van der Waals surface area contributed by atoms with E-state index in [1.54, 1.807) is 0 Å². The Morgan fingerprint density at radius 3 is 2.89 bits per heavy atom. The van der Waals surface area contributed by atoms with Gasteiger partial charge >= 0.3 is 6.08 Å². The summed E-state index contributed by atoms with van der Waals surface area (Å²) in [5, 5.41) is 9.50. The van der Waals surface area contributed by atoms with Crippen LogP contribution >= 0.6 is 0 Å². The topological polar surface area (TPSA) is 99.1 Å². The van der Waals surface area contributed by atoms with Crippen LogP contribution in [0.4, 0.5) is 14.6 Å². The number of ether oxygens (including phenoxy) is 1. The number of rotatable bonds is 1. The molecule has 100 valence electrons. The predicted octanol–water partition coefficient (Wildman–Crippen LogP) is 0.796. The number of nitrogens with two attached hydrogens (primary N) is 1. The van der Waals surface area contributed by atoms with Gasteiger partial charge in [-0.05, 0) is 0 Å². The first-order chi connectivity index (χ1) is 9.08. The summed E-state index contributed by atoms with van der Waals surface area (Å²) >= 11 is 0. The molecular formula is C10H9F2N5O2. The molecule has 3 heterocycles. The standard InChI is InChI=1S/C10H9F2N5O2/c11-8(12)7-4(18)1-5(19-7)17-3-16-6-9(13)14-2-15-10(6)17/h2-5,18H,1H2,(H2,13,14,15)/t4-,5+/m0/s1. The number of aliphatic hydroxyl groups is 1. The lowest BCUT2D eigenvalue weighted by Gasteiger charge is -2.11. The number of nitrogen functional groups attached to an aromatic ring is 1. The Bertz CT molecular complexity index is 667. The molecule has 2 aromatic heterocycles. The van der Waals surface area contributed by atoms with E-state index in [1.807, 2.05) is 0 Å². The molecular weight excluding hydrogens is 260 g/mol. The van der Waals surface area contributed by atoms with Crippen molar-refractivity contribution in [2.24, 2.45) is 0 Å². The van der Waals surface area contributed by atoms with Crippen molar-refractivity contribution in [3.63, 3.8) is 0 Å². The highest BCUT2D eigenvalue weighted by atomic mass is 19.3. The zero-order valence-electron chi connectivity index (χ0n) is 9.49. The van der Waals surface area contributed by atoms with Gasteiger partial charge in [-0.25, -0.2) is 15.0 Å². The number of hydrogen-bond acceptors (Lipinski definition) is 6. The molecule has 0 spiro atoms. The molecule has 1 aliphatic rings. The van der Waals surface area contributed by atoms with Crippen LogP contribution in [0.2, 0.25) is 0 Å². The first-order valence-corrected chi connectivity index (χ1v) is 5.41. The van der Waals surface area contributed by atoms with E-state index in [0.717, 1.165) is 0 Å². The third kappa shape index (κ3) is 1.78. The molecule has 7 nitrogen and oxygen atoms in total. The maximum absolute atomic E-state index is 12.5. The van der Waals surface area contributed by atoms with Gasteiger partial charge in [0, 0.05) is 6.42 Å². The Hall–Kier alpha value is -2.29. The number of fused-ring (bicyclic) bond motifs is 1. The SMILES string of the molecule is Nc1ncnc2c1ncn2[C@H]1C[C@H](O)C(=C(F)F)O1. The Kier molecular flexibility index (Phi) is 2.56. The quantitative estimate of drug-likeness (QED) is 0.794. The van der Waals surface area contributed by atoms with Gasteiger partial charge in [-0.15, -0.1) is 0 Å². The molecule has 9 heteroatoms. The highest BCUT2D eigenvalue weighted by Crippen LogP contribution is 2.35. The smallest absolute Gasteiger partial charge is 0.310 e. The summed E-state index contributed by atoms with van der Waals surface area (Å²) in [6, 6.07) is 0. The second-order valence-corrected chi connectivity index (χ2v) is 4.03. The van der Waals surface area contributed by atoms with Crippen LogP contribution in [-0.4, -0.2) is 30.7 Å². The number of aliphatic hydroxyl groups excluding tert-OH is 1. The first-order valence-electron chi connectivity index (χ1n) is 5.41. The number of halogens is 2. The van der Waals surface area contributed by atoms with Gasteiger partial charge in [0.2, 0.25) is 0 Å². The van der Waals surface area contributed by atoms with E-state index in [4.69, 9.17) is 10.5 Å². The van der Waals surface area contributed by atoms with Crippen LogP contribution in [0.1, 0.15) is 12.6 Å². The normalized spacial score (nSPS) is 22.8. The molecule has 0 bridgehead atoms. The number of aromatic nitrogens is 4. The van der Waals surface area contributed by atoms with E-state index < -0.39 is 24.2 Å². The monoisotopic (exact) mass is 269 g/mol. The van der Waals surface area contributed by atoms with Gasteiger partial charge in [-0.2, -0.15) is 8.78 Å². The van der Waals surface area contributed by atoms with Gasteiger partial charge in [-0.3, -0.25) is 4.57 Å². The Morgan fingerprint density at radius 2 is 2.21 bits per heavy atom. The summed E-state index contributed by atoms with van der Waals surface area (Å²) in [6.07, 6.45) is -1.58. The zero-order chi connectivity index (χ0) is 13.6. The average molecular weight is 269 g/mol. The van der Waals surface area contributed by atoms with Gasteiger partial charge in [0.05, 0.1) is 0 Å². The molecule has 1 saturated heterocycles. The van der Waals surface area contributed by atoms with E-state index in [0.29, 0.717) is 11.2 Å². The fourth-order valence-corrected chi connectivity index (χ4v) is 1.99. The molecule has 0 aliphatic carbocycles. The molecule has 0 radical (unpaired) electrons. The van der Waals surface area contributed by atoms with E-state index in [2.05, 4.69) is 15.0 Å². The van der Waals surface area contributed by atoms with Gasteiger partial charge in [0.15, 0.2) is 23.5 Å². The molecule has 0 amide bonds. The summed E-state index contributed by atoms with van der Waals surface area (Å²) in [5.74, 6) is -0.524. The zero-order valence-corrected chi connectivity index (χ0v) is 9.49. The lowest BCUT2D eigenvalue weighted by atomic mass is 10.2. The van der Waals surface area contributed by atoms with Crippen LogP contribution in [0.15, 0.2) is 24.5 Å². The van der Waals surface area contributed by atoms with Crippen molar-refractivity contribution in [2.75, 3.05) is 5.73 Å². The second kappa shape index (κ2) is 4.12. The second-order valence-electron chi connectivity index (χ2n) is 4.03. The van der Waals surface area contributed by atoms with E-state index >= 15 is 0 Å². The Balaban J connectivity index is 2.03. The van der Waals surface area contributed by atoms with Crippen LogP contribution in [0, 0.1) is 0 Å². The highest BCUT2D eigenvalue weighted by molar-refractivity contribution is 5.81. The molecule has 2 atom stereocenters. The molecule has 1 fully saturated rings. The fourth-order valence-electron chi connectivity index (χ4n) is 1.99. The minimum atomic E-state index is -2.03. The molecule has 1 aliphatic heterocycles. The van der Waals surface area contributed by atoms with Crippen LogP contribution in [0.5, 0.6) is 0 Å². The van der Waals surface area contributed by atoms with Crippen LogP contribution in [0.25, 0.3) is 11.2 Å². The summed E-state index contributed by atoms with van der Waals surface area (Å²) in [5.41, 5.74) is 6.35. The molecule has 2 aromatic rings. The average Bonchev–Trinajstić information content (AvgIpc) is 2.93. The van der Waals surface area contributed by atoms with Crippen LogP contribution < -0.4 is 5.73 Å². The lowest BCUT2D eigenvalue weighted by molar-refractivity contribution is 0.0884. The summed E-state index contributed by atoms with van der Waals surface area (Å²) in [6.45, 7) is 0. The van der Waals surface area contributed by atoms with Crippen molar-refractivity contribution in [1.29, 1.82) is 0 Å². The largest absolute Gasteiger partial charge is 0.466 e. The van der Waals surface area contributed by atoms with E-state index in [-0.39, 0.29) is 12.2 Å².